The van der Waals surface area contributed by atoms with E-state index in [1.165, 1.54) is 0 Å². The van der Waals surface area contributed by atoms with Gasteiger partial charge < -0.3 is 43.2 Å². The van der Waals surface area contributed by atoms with Crippen LogP contribution in [0.1, 0.15) is 94.0 Å². The standard InChI is InChI=1S/C40H59NO8.C5H10O2/c1-5-44-21-22-46-25-26-47-24-23-45-20-19-41-17-15-36(16-18-41)49-35-13-11-34(12-14-35)39(48-29-33-9-7-6-8-10-33)38(40(42)43)37-31(3)27-30(2)28-32(37)4;1-5(2,3)7-4-6/h6-10,27-28,34-36H,5,11-26,29H2,1-4H3,(H,42,43);4H,1-3H3/b39-38+;. The molecule has 1 aliphatic heterocycles. The van der Waals surface area contributed by atoms with Crippen LogP contribution in [0, 0.1) is 26.7 Å². The summed E-state index contributed by atoms with van der Waals surface area (Å²) in [4.78, 5) is 25.0. The van der Waals surface area contributed by atoms with Gasteiger partial charge in [0.1, 0.15) is 23.5 Å². The molecule has 0 unspecified atom stereocenters. The highest BCUT2D eigenvalue weighted by atomic mass is 16.6. The third kappa shape index (κ3) is 17.9. The maximum atomic E-state index is 12.9. The quantitative estimate of drug-likeness (QED) is 0.0547. The van der Waals surface area contributed by atoms with Gasteiger partial charge in [-0.05, 0) is 109 Å². The van der Waals surface area contributed by atoms with Crippen molar-refractivity contribution in [2.24, 2.45) is 5.92 Å². The smallest absolute Gasteiger partial charge is 0.339 e. The molecule has 0 bridgehead atoms. The maximum Gasteiger partial charge on any atom is 0.339 e. The molecule has 1 N–H and O–H groups in total. The molecule has 0 radical (unpaired) electrons. The number of nitrogens with zero attached hydrogens (tertiary/aromatic N) is 1. The Hall–Kier alpha value is -3.32. The van der Waals surface area contributed by atoms with Crippen molar-refractivity contribution < 1.29 is 47.9 Å². The van der Waals surface area contributed by atoms with Crippen molar-refractivity contribution >= 4 is 18.0 Å². The Kier molecular flexibility index (Phi) is 21.7. The van der Waals surface area contributed by atoms with Crippen LogP contribution < -0.4 is 0 Å². The lowest BCUT2D eigenvalue weighted by Crippen LogP contribution is -2.40. The van der Waals surface area contributed by atoms with Crippen LogP contribution in [0.25, 0.3) is 5.57 Å². The van der Waals surface area contributed by atoms with E-state index in [9.17, 15) is 14.7 Å². The Labute approximate surface area is 336 Å². The lowest BCUT2D eigenvalue weighted by molar-refractivity contribution is -0.138. The first kappa shape index (κ1) is 47.1. The number of carbonyl (C=O) groups is 2. The fourth-order valence-corrected chi connectivity index (χ4v) is 7.18. The van der Waals surface area contributed by atoms with E-state index in [1.54, 1.807) is 0 Å². The number of allylic oxidation sites excluding steroid dienone is 1. The molecule has 2 aromatic carbocycles. The summed E-state index contributed by atoms with van der Waals surface area (Å²) >= 11 is 0. The number of likely N-dealkylation sites (tertiary alicyclic amines) is 1. The van der Waals surface area contributed by atoms with E-state index in [0.29, 0.717) is 77.3 Å². The number of carbonyl (C=O) groups excluding carboxylic acids is 1. The van der Waals surface area contributed by atoms with E-state index in [0.717, 1.165) is 86.0 Å². The highest BCUT2D eigenvalue weighted by Crippen LogP contribution is 2.39. The molecule has 11 nitrogen and oxygen atoms in total. The van der Waals surface area contributed by atoms with Gasteiger partial charge in [0.05, 0.1) is 58.5 Å². The van der Waals surface area contributed by atoms with Crippen LogP contribution in [0.4, 0.5) is 0 Å². The third-order valence-corrected chi connectivity index (χ3v) is 9.86. The number of hydrogen-bond donors (Lipinski definition) is 1. The molecule has 1 aliphatic carbocycles. The minimum atomic E-state index is -0.933. The van der Waals surface area contributed by atoms with Crippen LogP contribution in [0.3, 0.4) is 0 Å². The van der Waals surface area contributed by atoms with Crippen LogP contribution in [-0.2, 0) is 49.4 Å². The SMILES string of the molecule is CC(C)(C)OC=O.CCOCCOCCOCCOCCN1CCC(OC2CCC(/C(OCc3ccccc3)=C(\C(=O)O)c3c(C)cc(C)cc3C)CC2)CC1. The van der Waals surface area contributed by atoms with Gasteiger partial charge in [0.2, 0.25) is 0 Å². The van der Waals surface area contributed by atoms with E-state index in [4.69, 9.17) is 28.4 Å². The number of aryl methyl sites for hydroxylation is 3. The van der Waals surface area contributed by atoms with Gasteiger partial charge >= 0.3 is 5.97 Å². The zero-order chi connectivity index (χ0) is 40.8. The summed E-state index contributed by atoms with van der Waals surface area (Å²) in [5, 5.41) is 10.6. The van der Waals surface area contributed by atoms with Crippen molar-refractivity contribution in [2.75, 3.05) is 72.5 Å². The van der Waals surface area contributed by atoms with Crippen LogP contribution >= 0.6 is 0 Å². The fourth-order valence-electron chi connectivity index (χ4n) is 7.18. The molecule has 2 fully saturated rings. The van der Waals surface area contributed by atoms with Gasteiger partial charge in [0.15, 0.2) is 0 Å². The molecule has 56 heavy (non-hydrogen) atoms. The predicted octanol–water partition coefficient (Wildman–Crippen LogP) is 7.71. The van der Waals surface area contributed by atoms with Crippen molar-refractivity contribution in [3.63, 3.8) is 0 Å². The third-order valence-electron chi connectivity index (χ3n) is 9.86. The zero-order valence-corrected chi connectivity index (χ0v) is 35.1. The number of piperidine rings is 1. The number of carboxylic acids is 1. The molecule has 11 heteroatoms. The fraction of sp³-hybridized carbons (Fsp3) is 0.644. The van der Waals surface area contributed by atoms with Crippen molar-refractivity contribution in [3.05, 3.63) is 76.0 Å². The van der Waals surface area contributed by atoms with Crippen LogP contribution in [0.2, 0.25) is 0 Å². The minimum absolute atomic E-state index is 0.0287. The largest absolute Gasteiger partial charge is 0.492 e. The molecular formula is C45H69NO10. The summed E-state index contributed by atoms with van der Waals surface area (Å²) in [5.41, 5.74) is 4.84. The lowest BCUT2D eigenvalue weighted by atomic mass is 9.82. The van der Waals surface area contributed by atoms with E-state index in [2.05, 4.69) is 21.8 Å². The molecular weight excluding hydrogens is 714 g/mol. The summed E-state index contributed by atoms with van der Waals surface area (Å²) in [6, 6.07) is 14.1. The maximum absolute atomic E-state index is 12.9. The van der Waals surface area contributed by atoms with Gasteiger partial charge in [-0.3, -0.25) is 4.79 Å². The van der Waals surface area contributed by atoms with Gasteiger partial charge in [-0.2, -0.15) is 0 Å². The molecule has 2 aliphatic rings. The van der Waals surface area contributed by atoms with Gasteiger partial charge in [-0.15, -0.1) is 0 Å². The number of benzene rings is 2. The van der Waals surface area contributed by atoms with Crippen LogP contribution in [-0.4, -0.2) is 113 Å². The Morgan fingerprint density at radius 2 is 1.32 bits per heavy atom. The van der Waals surface area contributed by atoms with E-state index in [-0.39, 0.29) is 23.7 Å². The average molecular weight is 784 g/mol. The summed E-state index contributed by atoms with van der Waals surface area (Å²) < 4.78 is 39.7. The van der Waals surface area contributed by atoms with Gasteiger partial charge in [-0.1, -0.05) is 48.0 Å². The van der Waals surface area contributed by atoms with Crippen molar-refractivity contribution in [3.8, 4) is 0 Å². The predicted molar refractivity (Wildman–Crippen MR) is 219 cm³/mol. The molecule has 314 valence electrons. The summed E-state index contributed by atoms with van der Waals surface area (Å²) in [6.45, 7) is 22.2. The Bertz CT molecular complexity index is 1420. The average Bonchev–Trinajstić information content (AvgIpc) is 3.15. The monoisotopic (exact) mass is 783 g/mol. The van der Waals surface area contributed by atoms with Gasteiger partial charge in [-0.25, -0.2) is 4.79 Å². The molecule has 2 aromatic rings. The number of aliphatic carboxylic acids is 1. The second kappa shape index (κ2) is 25.8. The second-order valence-corrected chi connectivity index (χ2v) is 15.6. The van der Waals surface area contributed by atoms with Crippen LogP contribution in [0.15, 0.2) is 48.2 Å². The number of ether oxygens (including phenoxy) is 7. The Morgan fingerprint density at radius 1 is 0.786 bits per heavy atom. The van der Waals surface area contributed by atoms with E-state index < -0.39 is 5.97 Å². The topological polar surface area (TPSA) is 122 Å². The second-order valence-electron chi connectivity index (χ2n) is 15.6. The Morgan fingerprint density at radius 3 is 1.82 bits per heavy atom. The molecule has 1 heterocycles. The number of carboxylic acid groups (broad SMARTS) is 1. The summed E-state index contributed by atoms with van der Waals surface area (Å²) in [6.07, 6.45) is 5.98. The first-order chi connectivity index (χ1) is 26.9. The molecule has 1 saturated carbocycles. The molecule has 0 atom stereocenters. The normalized spacial score (nSPS) is 18.4. The van der Waals surface area contributed by atoms with Crippen molar-refractivity contribution in [2.45, 2.75) is 111 Å². The first-order valence-corrected chi connectivity index (χ1v) is 20.4. The van der Waals surface area contributed by atoms with E-state index in [1.807, 2.05) is 78.8 Å². The van der Waals surface area contributed by atoms with Gasteiger partial charge in [0.25, 0.3) is 6.47 Å². The molecule has 0 amide bonds. The van der Waals surface area contributed by atoms with E-state index >= 15 is 0 Å². The lowest BCUT2D eigenvalue weighted by Gasteiger charge is -2.36. The number of hydrogen-bond acceptors (Lipinski definition) is 10. The minimum Gasteiger partial charge on any atom is -0.492 e. The van der Waals surface area contributed by atoms with Crippen molar-refractivity contribution in [1.29, 1.82) is 0 Å². The number of rotatable bonds is 22. The highest BCUT2D eigenvalue weighted by molar-refractivity contribution is 6.17. The zero-order valence-electron chi connectivity index (χ0n) is 35.1. The molecule has 0 aromatic heterocycles. The molecule has 1 saturated heterocycles. The van der Waals surface area contributed by atoms with Crippen LogP contribution in [0.5, 0.6) is 0 Å². The molecule has 4 rings (SSSR count). The first-order valence-electron chi connectivity index (χ1n) is 20.4. The van der Waals surface area contributed by atoms with Crippen molar-refractivity contribution in [1.82, 2.24) is 4.90 Å². The molecule has 0 spiro atoms. The summed E-state index contributed by atoms with van der Waals surface area (Å²) in [5.74, 6) is -0.299. The Balaban J connectivity index is 0.00000109. The summed E-state index contributed by atoms with van der Waals surface area (Å²) in [7, 11) is 0. The van der Waals surface area contributed by atoms with Gasteiger partial charge in [0, 0.05) is 32.2 Å². The highest BCUT2D eigenvalue weighted by Gasteiger charge is 2.33.